The van der Waals surface area contributed by atoms with Gasteiger partial charge in [0.1, 0.15) is 0 Å². The molecule has 26 heavy (non-hydrogen) atoms. The molecule has 0 atom stereocenters. The maximum Gasteiger partial charge on any atom is 0.313 e. The minimum Gasteiger partial charge on any atom is -0.454 e. The molecular formula is C20H22N2O4. The number of anilines is 1. The monoisotopic (exact) mass is 354 g/mol. The lowest BCUT2D eigenvalue weighted by molar-refractivity contribution is -0.136. The first-order valence-electron chi connectivity index (χ1n) is 8.49. The summed E-state index contributed by atoms with van der Waals surface area (Å²) in [6.45, 7) is 6.40. The summed E-state index contributed by atoms with van der Waals surface area (Å²) in [5.74, 6) is 0.119. The third kappa shape index (κ3) is 3.96. The zero-order valence-corrected chi connectivity index (χ0v) is 15.1. The normalized spacial score (nSPS) is 12.0. The van der Waals surface area contributed by atoms with Gasteiger partial charge in [0, 0.05) is 12.2 Å². The van der Waals surface area contributed by atoms with E-state index in [9.17, 15) is 9.59 Å². The van der Waals surface area contributed by atoms with Gasteiger partial charge in [0.05, 0.1) is 0 Å². The fourth-order valence-corrected chi connectivity index (χ4v) is 3.04. The predicted molar refractivity (Wildman–Crippen MR) is 98.6 cm³/mol. The van der Waals surface area contributed by atoms with Crippen LogP contribution in [0.4, 0.5) is 5.69 Å². The highest BCUT2D eigenvalue weighted by Gasteiger charge is 2.16. The molecule has 0 aliphatic carbocycles. The van der Waals surface area contributed by atoms with Gasteiger partial charge >= 0.3 is 11.8 Å². The van der Waals surface area contributed by atoms with Crippen LogP contribution in [0.15, 0.2) is 30.3 Å². The maximum atomic E-state index is 12.1. The molecule has 6 nitrogen and oxygen atoms in total. The number of aryl methyl sites for hydroxylation is 3. The Morgan fingerprint density at radius 2 is 1.65 bits per heavy atom. The molecule has 2 amide bonds. The SMILES string of the molecule is Cc1cc(C)c(NC(=O)C(=O)NCCc2ccc3c(c2)OCO3)c(C)c1. The van der Waals surface area contributed by atoms with Crippen LogP contribution in [0.3, 0.4) is 0 Å². The average molecular weight is 354 g/mol. The number of hydrogen-bond acceptors (Lipinski definition) is 4. The van der Waals surface area contributed by atoms with Gasteiger partial charge in [0.25, 0.3) is 0 Å². The Morgan fingerprint density at radius 1 is 0.962 bits per heavy atom. The lowest BCUT2D eigenvalue weighted by atomic mass is 10.1. The zero-order valence-electron chi connectivity index (χ0n) is 15.1. The van der Waals surface area contributed by atoms with Gasteiger partial charge < -0.3 is 20.1 Å². The summed E-state index contributed by atoms with van der Waals surface area (Å²) in [6.07, 6.45) is 0.595. The molecule has 1 heterocycles. The predicted octanol–water partition coefficient (Wildman–Crippen LogP) is 2.64. The fourth-order valence-electron chi connectivity index (χ4n) is 3.04. The second-order valence-electron chi connectivity index (χ2n) is 6.42. The number of benzene rings is 2. The molecule has 0 fully saturated rings. The Hall–Kier alpha value is -3.02. The van der Waals surface area contributed by atoms with E-state index in [2.05, 4.69) is 10.6 Å². The number of rotatable bonds is 4. The highest BCUT2D eigenvalue weighted by molar-refractivity contribution is 6.39. The van der Waals surface area contributed by atoms with Gasteiger partial charge in [-0.15, -0.1) is 0 Å². The van der Waals surface area contributed by atoms with Crippen LogP contribution >= 0.6 is 0 Å². The smallest absolute Gasteiger partial charge is 0.313 e. The van der Waals surface area contributed by atoms with Crippen molar-refractivity contribution in [2.24, 2.45) is 0 Å². The largest absolute Gasteiger partial charge is 0.454 e. The summed E-state index contributed by atoms with van der Waals surface area (Å²) in [4.78, 5) is 24.2. The minimum absolute atomic E-state index is 0.230. The van der Waals surface area contributed by atoms with E-state index in [0.29, 0.717) is 24.4 Å². The Kier molecular flexibility index (Phi) is 5.11. The summed E-state index contributed by atoms with van der Waals surface area (Å²) < 4.78 is 10.6. The summed E-state index contributed by atoms with van der Waals surface area (Å²) in [6, 6.07) is 9.59. The van der Waals surface area contributed by atoms with Crippen LogP contribution in [0.5, 0.6) is 11.5 Å². The number of hydrogen-bond donors (Lipinski definition) is 2. The van der Waals surface area contributed by atoms with Gasteiger partial charge in [0.15, 0.2) is 11.5 Å². The van der Waals surface area contributed by atoms with Gasteiger partial charge in [-0.3, -0.25) is 9.59 Å². The van der Waals surface area contributed by atoms with E-state index in [0.717, 1.165) is 28.0 Å². The molecule has 0 saturated carbocycles. The van der Waals surface area contributed by atoms with Crippen LogP contribution in [0.1, 0.15) is 22.3 Å². The van der Waals surface area contributed by atoms with Crippen molar-refractivity contribution < 1.29 is 19.1 Å². The molecular weight excluding hydrogens is 332 g/mol. The van der Waals surface area contributed by atoms with E-state index in [1.54, 1.807) is 0 Å². The molecule has 136 valence electrons. The molecule has 2 aromatic carbocycles. The molecule has 0 saturated heterocycles. The van der Waals surface area contributed by atoms with Gasteiger partial charge in [-0.1, -0.05) is 23.8 Å². The highest BCUT2D eigenvalue weighted by atomic mass is 16.7. The van der Waals surface area contributed by atoms with Crippen molar-refractivity contribution in [3.05, 3.63) is 52.6 Å². The van der Waals surface area contributed by atoms with E-state index in [-0.39, 0.29) is 6.79 Å². The number of ether oxygens (including phenoxy) is 2. The van der Waals surface area contributed by atoms with Gasteiger partial charge in [-0.25, -0.2) is 0 Å². The van der Waals surface area contributed by atoms with Crippen molar-refractivity contribution >= 4 is 17.5 Å². The van der Waals surface area contributed by atoms with E-state index in [4.69, 9.17) is 9.47 Å². The molecule has 0 spiro atoms. The molecule has 6 heteroatoms. The second-order valence-corrected chi connectivity index (χ2v) is 6.42. The van der Waals surface area contributed by atoms with Crippen LogP contribution in [0.25, 0.3) is 0 Å². The van der Waals surface area contributed by atoms with Crippen molar-refractivity contribution in [3.63, 3.8) is 0 Å². The number of carbonyl (C=O) groups excluding carboxylic acids is 2. The molecule has 0 unspecified atom stereocenters. The Labute approximate surface area is 152 Å². The zero-order chi connectivity index (χ0) is 18.7. The van der Waals surface area contributed by atoms with Crippen molar-refractivity contribution in [3.8, 4) is 11.5 Å². The average Bonchev–Trinajstić information content (AvgIpc) is 3.05. The van der Waals surface area contributed by atoms with Crippen molar-refractivity contribution in [1.82, 2.24) is 5.32 Å². The fraction of sp³-hybridized carbons (Fsp3) is 0.300. The number of amides is 2. The van der Waals surface area contributed by atoms with Gasteiger partial charge in [0.2, 0.25) is 6.79 Å². The first-order valence-corrected chi connectivity index (χ1v) is 8.49. The summed E-state index contributed by atoms with van der Waals surface area (Å²) in [5.41, 5.74) is 4.67. The van der Waals surface area contributed by atoms with Crippen LogP contribution in [-0.2, 0) is 16.0 Å². The van der Waals surface area contributed by atoms with Crippen LogP contribution < -0.4 is 20.1 Å². The molecule has 3 rings (SSSR count). The van der Waals surface area contributed by atoms with Crippen molar-refractivity contribution in [1.29, 1.82) is 0 Å². The van der Waals surface area contributed by atoms with Crippen LogP contribution in [0, 0.1) is 20.8 Å². The summed E-state index contributed by atoms with van der Waals surface area (Å²) >= 11 is 0. The molecule has 2 aromatic rings. The quantitative estimate of drug-likeness (QED) is 0.828. The summed E-state index contributed by atoms with van der Waals surface area (Å²) in [5, 5.41) is 5.35. The second kappa shape index (κ2) is 7.47. The van der Waals surface area contributed by atoms with Crippen LogP contribution in [-0.4, -0.2) is 25.2 Å². The topological polar surface area (TPSA) is 76.7 Å². The van der Waals surface area contributed by atoms with Crippen molar-refractivity contribution in [2.75, 3.05) is 18.7 Å². The Bertz CT molecular complexity index is 838. The number of carbonyl (C=O) groups is 2. The molecule has 0 aromatic heterocycles. The van der Waals surface area contributed by atoms with E-state index in [1.165, 1.54) is 0 Å². The van der Waals surface area contributed by atoms with Gasteiger partial charge in [-0.05, 0) is 56.0 Å². The van der Waals surface area contributed by atoms with Crippen molar-refractivity contribution in [2.45, 2.75) is 27.2 Å². The Balaban J connectivity index is 1.53. The lowest BCUT2D eigenvalue weighted by Gasteiger charge is -2.12. The Morgan fingerprint density at radius 3 is 2.38 bits per heavy atom. The summed E-state index contributed by atoms with van der Waals surface area (Å²) in [7, 11) is 0. The van der Waals surface area contributed by atoms with E-state index >= 15 is 0 Å². The first kappa shape index (κ1) is 17.8. The van der Waals surface area contributed by atoms with E-state index in [1.807, 2.05) is 51.1 Å². The number of fused-ring (bicyclic) bond motifs is 1. The van der Waals surface area contributed by atoms with E-state index < -0.39 is 11.8 Å². The van der Waals surface area contributed by atoms with Gasteiger partial charge in [-0.2, -0.15) is 0 Å². The highest BCUT2D eigenvalue weighted by Crippen LogP contribution is 2.32. The minimum atomic E-state index is -0.661. The molecule has 1 aliphatic rings. The maximum absolute atomic E-state index is 12.1. The third-order valence-corrected chi connectivity index (χ3v) is 4.26. The number of nitrogens with one attached hydrogen (secondary N) is 2. The van der Waals surface area contributed by atoms with Crippen LogP contribution in [0.2, 0.25) is 0 Å². The molecule has 0 bridgehead atoms. The molecule has 1 aliphatic heterocycles. The standard InChI is InChI=1S/C20H22N2O4/c1-12-8-13(2)18(14(3)9-12)22-20(24)19(23)21-7-6-15-4-5-16-17(10-15)26-11-25-16/h4-5,8-10H,6-7,11H2,1-3H3,(H,21,23)(H,22,24). The molecule has 0 radical (unpaired) electrons. The first-order chi connectivity index (χ1) is 12.4. The third-order valence-electron chi connectivity index (χ3n) is 4.26. The lowest BCUT2D eigenvalue weighted by Crippen LogP contribution is -2.36. The molecule has 2 N–H and O–H groups in total.